The monoisotopic (exact) mass is 311 g/mol. The number of nitrogens with zero attached hydrogens (tertiary/aromatic N) is 3. The molecule has 23 heavy (non-hydrogen) atoms. The lowest BCUT2D eigenvalue weighted by Crippen LogP contribution is -2.36. The Hall–Kier alpha value is -1.86. The minimum Gasteiger partial charge on any atom is -0.343 e. The molecule has 0 aromatic heterocycles. The summed E-state index contributed by atoms with van der Waals surface area (Å²) in [6, 6.07) is 10.1. The second-order valence-electron chi connectivity index (χ2n) is 6.78. The standard InChI is InChI=1S/C19H25N3O/c20-14-17-5-1-2-6-18(17)15-21-11-7-16(8-12-21)13-19(23)22-9-3-4-10-22/h1-2,5-6,16H,3-4,7-13,15H2. The number of hydrogen-bond acceptors (Lipinski definition) is 3. The second-order valence-corrected chi connectivity index (χ2v) is 6.78. The number of rotatable bonds is 4. The SMILES string of the molecule is N#Cc1ccccc1CN1CCC(CC(=O)N2CCCC2)CC1. The van der Waals surface area contributed by atoms with E-state index in [1.807, 2.05) is 29.2 Å². The van der Waals surface area contributed by atoms with Crippen LogP contribution < -0.4 is 0 Å². The van der Waals surface area contributed by atoms with Crippen LogP contribution in [-0.2, 0) is 11.3 Å². The van der Waals surface area contributed by atoms with E-state index in [1.165, 1.54) is 12.8 Å². The van der Waals surface area contributed by atoms with E-state index in [1.54, 1.807) is 0 Å². The Morgan fingerprint density at radius 3 is 2.52 bits per heavy atom. The molecule has 2 heterocycles. The minimum atomic E-state index is 0.357. The number of benzene rings is 1. The number of piperidine rings is 1. The van der Waals surface area contributed by atoms with E-state index in [4.69, 9.17) is 0 Å². The third kappa shape index (κ3) is 4.11. The fourth-order valence-electron chi connectivity index (χ4n) is 3.70. The quantitative estimate of drug-likeness (QED) is 0.859. The van der Waals surface area contributed by atoms with Crippen LogP contribution in [0.3, 0.4) is 0 Å². The lowest BCUT2D eigenvalue weighted by atomic mass is 9.92. The first-order valence-corrected chi connectivity index (χ1v) is 8.74. The number of likely N-dealkylation sites (tertiary alicyclic amines) is 2. The van der Waals surface area contributed by atoms with Crippen LogP contribution in [0.15, 0.2) is 24.3 Å². The summed E-state index contributed by atoms with van der Waals surface area (Å²) in [5.74, 6) is 0.890. The van der Waals surface area contributed by atoms with Gasteiger partial charge in [0.2, 0.25) is 5.91 Å². The van der Waals surface area contributed by atoms with Crippen molar-refractivity contribution < 1.29 is 4.79 Å². The molecule has 2 saturated heterocycles. The topological polar surface area (TPSA) is 47.3 Å². The summed E-state index contributed by atoms with van der Waals surface area (Å²) in [6.45, 7) is 4.82. The molecule has 122 valence electrons. The Balaban J connectivity index is 1.47. The Labute approximate surface area is 138 Å². The maximum atomic E-state index is 12.2. The minimum absolute atomic E-state index is 0.357. The predicted octanol–water partition coefficient (Wildman–Crippen LogP) is 2.78. The van der Waals surface area contributed by atoms with Gasteiger partial charge >= 0.3 is 0 Å². The average Bonchev–Trinajstić information content (AvgIpc) is 3.12. The molecule has 0 N–H and O–H groups in total. The van der Waals surface area contributed by atoms with Crippen LogP contribution in [0.2, 0.25) is 0 Å². The molecule has 0 atom stereocenters. The summed E-state index contributed by atoms with van der Waals surface area (Å²) in [7, 11) is 0. The van der Waals surface area contributed by atoms with Gasteiger partial charge in [-0.15, -0.1) is 0 Å². The average molecular weight is 311 g/mol. The fraction of sp³-hybridized carbons (Fsp3) is 0.579. The van der Waals surface area contributed by atoms with Gasteiger partial charge in [-0.05, 0) is 56.3 Å². The first-order valence-electron chi connectivity index (χ1n) is 8.74. The molecule has 0 unspecified atom stereocenters. The molecule has 0 radical (unpaired) electrons. The van der Waals surface area contributed by atoms with Gasteiger partial charge in [0, 0.05) is 26.1 Å². The molecule has 4 heteroatoms. The van der Waals surface area contributed by atoms with Gasteiger partial charge in [0.05, 0.1) is 11.6 Å². The highest BCUT2D eigenvalue weighted by Crippen LogP contribution is 2.24. The van der Waals surface area contributed by atoms with Gasteiger partial charge in [0.15, 0.2) is 0 Å². The lowest BCUT2D eigenvalue weighted by Gasteiger charge is -2.32. The van der Waals surface area contributed by atoms with Crippen LogP contribution in [0, 0.1) is 17.2 Å². The van der Waals surface area contributed by atoms with Crippen molar-refractivity contribution in [3.63, 3.8) is 0 Å². The van der Waals surface area contributed by atoms with Crippen molar-refractivity contribution in [2.75, 3.05) is 26.2 Å². The van der Waals surface area contributed by atoms with Gasteiger partial charge in [-0.25, -0.2) is 0 Å². The lowest BCUT2D eigenvalue weighted by molar-refractivity contribution is -0.131. The van der Waals surface area contributed by atoms with Crippen molar-refractivity contribution in [1.29, 1.82) is 5.26 Å². The predicted molar refractivity (Wildman–Crippen MR) is 89.6 cm³/mol. The highest BCUT2D eigenvalue weighted by Gasteiger charge is 2.25. The third-order valence-electron chi connectivity index (χ3n) is 5.16. The Kier molecular flexibility index (Phi) is 5.30. The van der Waals surface area contributed by atoms with Crippen LogP contribution in [-0.4, -0.2) is 41.9 Å². The van der Waals surface area contributed by atoms with E-state index in [9.17, 15) is 10.1 Å². The van der Waals surface area contributed by atoms with Crippen molar-refractivity contribution in [2.24, 2.45) is 5.92 Å². The van der Waals surface area contributed by atoms with Crippen LogP contribution in [0.1, 0.15) is 43.2 Å². The van der Waals surface area contributed by atoms with E-state index in [2.05, 4.69) is 11.0 Å². The van der Waals surface area contributed by atoms with Crippen molar-refractivity contribution in [3.8, 4) is 6.07 Å². The Bertz CT molecular complexity index is 579. The molecule has 2 aliphatic rings. The Morgan fingerprint density at radius 2 is 1.83 bits per heavy atom. The highest BCUT2D eigenvalue weighted by molar-refractivity contribution is 5.76. The molecule has 1 amide bonds. The molecule has 0 aliphatic carbocycles. The number of amides is 1. The summed E-state index contributed by atoms with van der Waals surface area (Å²) in [4.78, 5) is 16.7. The van der Waals surface area contributed by atoms with Crippen LogP contribution >= 0.6 is 0 Å². The number of nitriles is 1. The van der Waals surface area contributed by atoms with Crippen molar-refractivity contribution in [3.05, 3.63) is 35.4 Å². The molecule has 0 bridgehead atoms. The number of hydrogen-bond donors (Lipinski definition) is 0. The molecular weight excluding hydrogens is 286 g/mol. The Morgan fingerprint density at radius 1 is 1.13 bits per heavy atom. The maximum absolute atomic E-state index is 12.2. The van der Waals surface area contributed by atoms with Gasteiger partial charge < -0.3 is 4.90 Å². The van der Waals surface area contributed by atoms with Gasteiger partial charge in [-0.1, -0.05) is 18.2 Å². The van der Waals surface area contributed by atoms with Crippen molar-refractivity contribution in [2.45, 2.75) is 38.6 Å². The van der Waals surface area contributed by atoms with Crippen molar-refractivity contribution >= 4 is 5.91 Å². The molecule has 1 aromatic carbocycles. The van der Waals surface area contributed by atoms with Crippen LogP contribution in [0.4, 0.5) is 0 Å². The van der Waals surface area contributed by atoms with Crippen LogP contribution in [0.25, 0.3) is 0 Å². The summed E-state index contributed by atoms with van der Waals surface area (Å²) >= 11 is 0. The molecule has 1 aromatic rings. The van der Waals surface area contributed by atoms with Crippen molar-refractivity contribution in [1.82, 2.24) is 9.80 Å². The van der Waals surface area contributed by atoms with E-state index in [0.29, 0.717) is 11.8 Å². The van der Waals surface area contributed by atoms with Gasteiger partial charge in [0.1, 0.15) is 0 Å². The van der Waals surface area contributed by atoms with Gasteiger partial charge in [0.25, 0.3) is 0 Å². The maximum Gasteiger partial charge on any atom is 0.222 e. The number of carbonyl (C=O) groups excluding carboxylic acids is 1. The first-order chi connectivity index (χ1) is 11.3. The molecule has 0 saturated carbocycles. The summed E-state index contributed by atoms with van der Waals surface area (Å²) in [6.07, 6.45) is 5.25. The molecule has 2 fully saturated rings. The smallest absolute Gasteiger partial charge is 0.222 e. The zero-order valence-corrected chi connectivity index (χ0v) is 13.7. The molecule has 2 aliphatic heterocycles. The summed E-state index contributed by atoms with van der Waals surface area (Å²) in [5, 5.41) is 9.18. The van der Waals surface area contributed by atoms with Gasteiger partial charge in [-0.2, -0.15) is 5.26 Å². The fourth-order valence-corrected chi connectivity index (χ4v) is 3.70. The zero-order valence-electron chi connectivity index (χ0n) is 13.7. The molecular formula is C19H25N3O. The van der Waals surface area contributed by atoms with Crippen LogP contribution in [0.5, 0.6) is 0 Å². The summed E-state index contributed by atoms with van der Waals surface area (Å²) in [5.41, 5.74) is 1.89. The molecule has 4 nitrogen and oxygen atoms in total. The van der Waals surface area contributed by atoms with Gasteiger partial charge in [-0.3, -0.25) is 9.69 Å². The third-order valence-corrected chi connectivity index (χ3v) is 5.16. The largest absolute Gasteiger partial charge is 0.343 e. The second kappa shape index (κ2) is 7.61. The van der Waals surface area contributed by atoms with E-state index in [0.717, 1.165) is 63.1 Å². The summed E-state index contributed by atoms with van der Waals surface area (Å²) < 4.78 is 0. The molecule has 0 spiro atoms. The zero-order chi connectivity index (χ0) is 16.1. The van der Waals surface area contributed by atoms with E-state index < -0.39 is 0 Å². The highest BCUT2D eigenvalue weighted by atomic mass is 16.2. The van der Waals surface area contributed by atoms with E-state index in [-0.39, 0.29) is 0 Å². The number of carbonyl (C=O) groups is 1. The normalized spacial score (nSPS) is 19.7. The van der Waals surface area contributed by atoms with E-state index >= 15 is 0 Å². The molecule has 3 rings (SSSR count). The first kappa shape index (κ1) is 16.0.